The van der Waals surface area contributed by atoms with E-state index in [0.717, 1.165) is 18.8 Å². The van der Waals surface area contributed by atoms with E-state index in [0.29, 0.717) is 37.7 Å². The number of aromatic nitrogens is 1. The Morgan fingerprint density at radius 1 is 1.18 bits per heavy atom. The molecule has 0 unspecified atom stereocenters. The van der Waals surface area contributed by atoms with Crippen molar-refractivity contribution in [2.75, 3.05) is 31.4 Å². The van der Waals surface area contributed by atoms with E-state index < -0.39 is 12.0 Å². The third-order valence-corrected chi connectivity index (χ3v) is 7.64. The Morgan fingerprint density at radius 2 is 1.95 bits per heavy atom. The number of aromatic hydroxyl groups is 1. The smallest absolute Gasteiger partial charge is 0.338 e. The van der Waals surface area contributed by atoms with Crippen molar-refractivity contribution in [3.8, 4) is 17.2 Å². The van der Waals surface area contributed by atoms with Crippen LogP contribution >= 0.6 is 11.3 Å². The van der Waals surface area contributed by atoms with Crippen LogP contribution in [0.3, 0.4) is 0 Å². The number of anilines is 1. The molecule has 38 heavy (non-hydrogen) atoms. The Balaban J connectivity index is 1.66. The van der Waals surface area contributed by atoms with E-state index in [2.05, 4.69) is 23.7 Å². The molecule has 5 rings (SSSR count). The molecule has 9 nitrogen and oxygen atoms in total. The number of hydrogen-bond donors (Lipinski definition) is 1. The van der Waals surface area contributed by atoms with Gasteiger partial charge in [-0.25, -0.2) is 9.79 Å². The summed E-state index contributed by atoms with van der Waals surface area (Å²) in [6.45, 7) is 9.51. The number of benzene rings is 2. The van der Waals surface area contributed by atoms with Crippen molar-refractivity contribution in [1.29, 1.82) is 0 Å². The molecule has 1 N–H and O–H groups in total. The van der Waals surface area contributed by atoms with Gasteiger partial charge >= 0.3 is 5.97 Å². The summed E-state index contributed by atoms with van der Waals surface area (Å²) in [7, 11) is 0. The maximum Gasteiger partial charge on any atom is 0.338 e. The molecular formula is C28H29N3O6S. The molecule has 0 amide bonds. The lowest BCUT2D eigenvalue weighted by atomic mass is 9.95. The number of hydrogen-bond acceptors (Lipinski definition) is 9. The van der Waals surface area contributed by atoms with Crippen LogP contribution < -0.4 is 29.3 Å². The highest BCUT2D eigenvalue weighted by Crippen LogP contribution is 2.38. The van der Waals surface area contributed by atoms with Crippen LogP contribution in [0.25, 0.3) is 6.08 Å². The second-order valence-corrected chi connectivity index (χ2v) is 9.84. The largest absolute Gasteiger partial charge is 0.507 e. The fraction of sp³-hybridized carbons (Fsp3) is 0.321. The van der Waals surface area contributed by atoms with Gasteiger partial charge in [0.15, 0.2) is 16.3 Å². The monoisotopic (exact) mass is 535 g/mol. The van der Waals surface area contributed by atoms with Crippen LogP contribution in [0.5, 0.6) is 17.2 Å². The Bertz CT molecular complexity index is 1620. The Labute approximate surface area is 223 Å². The molecule has 1 aromatic heterocycles. The highest BCUT2D eigenvalue weighted by atomic mass is 32.1. The van der Waals surface area contributed by atoms with Crippen LogP contribution in [0.1, 0.15) is 44.9 Å². The average Bonchev–Trinajstić information content (AvgIpc) is 3.49. The predicted molar refractivity (Wildman–Crippen MR) is 145 cm³/mol. The zero-order valence-corrected chi connectivity index (χ0v) is 22.5. The Morgan fingerprint density at radius 3 is 2.66 bits per heavy atom. The quantitative estimate of drug-likeness (QED) is 0.464. The summed E-state index contributed by atoms with van der Waals surface area (Å²) in [6.07, 6.45) is 1.66. The van der Waals surface area contributed by atoms with E-state index in [1.54, 1.807) is 44.2 Å². The normalized spacial score (nSPS) is 16.3. The first-order valence-electron chi connectivity index (χ1n) is 12.5. The van der Waals surface area contributed by atoms with Crippen molar-refractivity contribution < 1.29 is 24.1 Å². The van der Waals surface area contributed by atoms with Crippen molar-refractivity contribution in [3.05, 3.63) is 78.5 Å². The van der Waals surface area contributed by atoms with E-state index in [4.69, 9.17) is 14.2 Å². The molecule has 3 heterocycles. The first-order chi connectivity index (χ1) is 18.4. The molecule has 0 fully saturated rings. The lowest BCUT2D eigenvalue weighted by molar-refractivity contribution is -0.139. The minimum Gasteiger partial charge on any atom is -0.507 e. The minimum atomic E-state index is -0.763. The number of ether oxygens (including phenoxy) is 3. The van der Waals surface area contributed by atoms with Crippen LogP contribution in [0.4, 0.5) is 5.69 Å². The van der Waals surface area contributed by atoms with Gasteiger partial charge in [-0.3, -0.25) is 9.36 Å². The average molecular weight is 536 g/mol. The van der Waals surface area contributed by atoms with Gasteiger partial charge in [-0.15, -0.1) is 0 Å². The highest BCUT2D eigenvalue weighted by Gasteiger charge is 2.34. The SMILES string of the molecule is CCOC(=O)C1=C(C)N=c2s/c(=C\c3ccc(N(CC)CC)cc3O)c(=O)n2[C@@H]1c1ccc2c(c1)OCO2. The summed E-state index contributed by atoms with van der Waals surface area (Å²) in [6, 6.07) is 10.0. The molecule has 0 saturated carbocycles. The molecule has 0 aliphatic carbocycles. The first-order valence-corrected chi connectivity index (χ1v) is 13.3. The van der Waals surface area contributed by atoms with Crippen molar-refractivity contribution in [2.24, 2.45) is 4.99 Å². The van der Waals surface area contributed by atoms with Gasteiger partial charge in [-0.1, -0.05) is 17.4 Å². The van der Waals surface area contributed by atoms with Crippen LogP contribution in [-0.2, 0) is 9.53 Å². The van der Waals surface area contributed by atoms with E-state index in [1.807, 2.05) is 12.1 Å². The highest BCUT2D eigenvalue weighted by molar-refractivity contribution is 7.07. The van der Waals surface area contributed by atoms with Crippen molar-refractivity contribution in [3.63, 3.8) is 0 Å². The zero-order chi connectivity index (χ0) is 27.0. The summed E-state index contributed by atoms with van der Waals surface area (Å²) in [5.41, 5.74) is 2.54. The molecule has 0 saturated heterocycles. The second-order valence-electron chi connectivity index (χ2n) is 8.83. The Kier molecular flexibility index (Phi) is 6.98. The molecule has 0 spiro atoms. The minimum absolute atomic E-state index is 0.0796. The van der Waals surface area contributed by atoms with Gasteiger partial charge in [0.25, 0.3) is 5.56 Å². The van der Waals surface area contributed by atoms with Gasteiger partial charge in [-0.2, -0.15) is 0 Å². The summed E-state index contributed by atoms with van der Waals surface area (Å²) in [5, 5.41) is 10.7. The van der Waals surface area contributed by atoms with Crippen molar-refractivity contribution in [2.45, 2.75) is 33.7 Å². The van der Waals surface area contributed by atoms with Crippen LogP contribution in [0.2, 0.25) is 0 Å². The van der Waals surface area contributed by atoms with Crippen molar-refractivity contribution in [1.82, 2.24) is 4.57 Å². The van der Waals surface area contributed by atoms with Crippen LogP contribution in [-0.4, -0.2) is 42.1 Å². The van der Waals surface area contributed by atoms with Gasteiger partial charge in [0.1, 0.15) is 5.75 Å². The number of esters is 1. The van der Waals surface area contributed by atoms with Crippen LogP contribution in [0.15, 0.2) is 57.5 Å². The second kappa shape index (κ2) is 10.4. The molecule has 198 valence electrons. The third kappa shape index (κ3) is 4.45. The third-order valence-electron chi connectivity index (χ3n) is 6.66. The van der Waals surface area contributed by atoms with Crippen molar-refractivity contribution >= 4 is 29.1 Å². The lowest BCUT2D eigenvalue weighted by Crippen LogP contribution is -2.39. The van der Waals surface area contributed by atoms with Gasteiger partial charge in [0.2, 0.25) is 6.79 Å². The Hall–Kier alpha value is -4.05. The molecule has 0 radical (unpaired) electrons. The maximum atomic E-state index is 13.8. The molecule has 2 aromatic carbocycles. The standard InChI is InChI=1S/C28H29N3O6S/c1-5-30(6-2)19-10-8-17(20(32)14-19)13-23-26(33)31-25(18-9-11-21-22(12-18)37-15-36-21)24(27(34)35-7-3)16(4)29-28(31)38-23/h8-14,25,32H,5-7,15H2,1-4H3/b23-13-/t25-/m1/s1. The molecular weight excluding hydrogens is 506 g/mol. The van der Waals surface area contributed by atoms with Gasteiger partial charge in [0, 0.05) is 30.4 Å². The zero-order valence-electron chi connectivity index (χ0n) is 21.7. The van der Waals surface area contributed by atoms with E-state index in [1.165, 1.54) is 15.9 Å². The number of carbonyl (C=O) groups excluding carboxylic acids is 1. The van der Waals surface area contributed by atoms with E-state index in [-0.39, 0.29) is 30.3 Å². The number of allylic oxidation sites excluding steroid dienone is 1. The lowest BCUT2D eigenvalue weighted by Gasteiger charge is -2.24. The van der Waals surface area contributed by atoms with Crippen LogP contribution in [0, 0.1) is 0 Å². The number of phenolic OH excluding ortho intramolecular Hbond substituents is 1. The fourth-order valence-corrected chi connectivity index (χ4v) is 5.81. The molecule has 1 atom stereocenters. The summed E-state index contributed by atoms with van der Waals surface area (Å²) in [4.78, 5) is 34.1. The summed E-state index contributed by atoms with van der Waals surface area (Å²) >= 11 is 1.20. The number of rotatable bonds is 7. The van der Waals surface area contributed by atoms with E-state index >= 15 is 0 Å². The maximum absolute atomic E-state index is 13.8. The van der Waals surface area contributed by atoms with E-state index in [9.17, 15) is 14.7 Å². The number of nitrogens with zero attached hydrogens (tertiary/aromatic N) is 3. The predicted octanol–water partition coefficient (Wildman–Crippen LogP) is 3.08. The summed E-state index contributed by atoms with van der Waals surface area (Å²) < 4.78 is 18.2. The number of fused-ring (bicyclic) bond motifs is 2. The molecule has 0 bridgehead atoms. The number of thiazole rings is 1. The fourth-order valence-electron chi connectivity index (χ4n) is 4.77. The number of carbonyl (C=O) groups is 1. The summed E-state index contributed by atoms with van der Waals surface area (Å²) in [5.74, 6) is 0.690. The number of phenols is 1. The molecule has 10 heteroatoms. The first kappa shape index (κ1) is 25.6. The van der Waals surface area contributed by atoms with Gasteiger partial charge in [0.05, 0.1) is 28.5 Å². The molecule has 2 aliphatic rings. The molecule has 3 aromatic rings. The molecule has 2 aliphatic heterocycles. The van der Waals surface area contributed by atoms with Gasteiger partial charge in [-0.05, 0) is 63.6 Å². The topological polar surface area (TPSA) is 103 Å². The van der Waals surface area contributed by atoms with Gasteiger partial charge < -0.3 is 24.2 Å².